The highest BCUT2D eigenvalue weighted by molar-refractivity contribution is 5.88. The normalized spacial score (nSPS) is 10.6. The number of carbonyl (C=O) groups excluding carboxylic acids is 1. The molecule has 0 aliphatic carbocycles. The highest BCUT2D eigenvalue weighted by Crippen LogP contribution is 2.13. The van der Waals surface area contributed by atoms with Gasteiger partial charge in [0.1, 0.15) is 11.6 Å². The predicted molar refractivity (Wildman–Crippen MR) is 72.2 cm³/mol. The van der Waals surface area contributed by atoms with Crippen LogP contribution in [0.15, 0.2) is 54.6 Å². The van der Waals surface area contributed by atoms with Gasteiger partial charge in [-0.2, -0.15) is 0 Å². The zero-order valence-corrected chi connectivity index (χ0v) is 10.5. The number of hydrogen-bond donors (Lipinski definition) is 0. The van der Waals surface area contributed by atoms with Crippen LogP contribution >= 0.6 is 0 Å². The summed E-state index contributed by atoms with van der Waals surface area (Å²) in [5, 5.41) is 0. The van der Waals surface area contributed by atoms with Gasteiger partial charge in [0.2, 0.25) is 0 Å². The molecule has 0 bridgehead atoms. The lowest BCUT2D eigenvalue weighted by Gasteiger charge is -2.01. The van der Waals surface area contributed by atoms with Crippen LogP contribution in [0, 0.1) is 12.7 Å². The lowest BCUT2D eigenvalue weighted by molar-refractivity contribution is -0.128. The van der Waals surface area contributed by atoms with E-state index in [1.54, 1.807) is 30.3 Å². The van der Waals surface area contributed by atoms with E-state index in [1.165, 1.54) is 18.2 Å². The Labute approximate surface area is 111 Å². The second-order valence-corrected chi connectivity index (χ2v) is 4.12. The molecule has 0 radical (unpaired) electrons. The van der Waals surface area contributed by atoms with Crippen LogP contribution in [-0.2, 0) is 4.79 Å². The van der Waals surface area contributed by atoms with E-state index in [9.17, 15) is 9.18 Å². The van der Waals surface area contributed by atoms with Crippen molar-refractivity contribution in [3.63, 3.8) is 0 Å². The fourth-order valence-corrected chi connectivity index (χ4v) is 1.57. The Bertz CT molecular complexity index is 600. The molecule has 19 heavy (non-hydrogen) atoms. The van der Waals surface area contributed by atoms with Crippen molar-refractivity contribution in [3.8, 4) is 5.75 Å². The zero-order chi connectivity index (χ0) is 13.7. The lowest BCUT2D eigenvalue weighted by atomic mass is 10.2. The summed E-state index contributed by atoms with van der Waals surface area (Å²) < 4.78 is 17.8. The predicted octanol–water partition coefficient (Wildman–Crippen LogP) is 3.75. The number of esters is 1. The van der Waals surface area contributed by atoms with Crippen LogP contribution in [0.1, 0.15) is 11.1 Å². The second-order valence-electron chi connectivity index (χ2n) is 4.12. The summed E-state index contributed by atoms with van der Waals surface area (Å²) in [4.78, 5) is 11.6. The maximum atomic E-state index is 12.7. The number of aryl methyl sites for hydroxylation is 1. The van der Waals surface area contributed by atoms with Crippen LogP contribution in [0.25, 0.3) is 6.08 Å². The highest BCUT2D eigenvalue weighted by Gasteiger charge is 2.00. The third-order valence-corrected chi connectivity index (χ3v) is 2.49. The second kappa shape index (κ2) is 5.96. The van der Waals surface area contributed by atoms with Crippen molar-refractivity contribution >= 4 is 12.0 Å². The molecular formula is C16H13FO2. The molecule has 0 saturated carbocycles. The molecule has 0 saturated heterocycles. The van der Waals surface area contributed by atoms with Crippen molar-refractivity contribution in [1.29, 1.82) is 0 Å². The van der Waals surface area contributed by atoms with Crippen LogP contribution in [0.3, 0.4) is 0 Å². The summed E-state index contributed by atoms with van der Waals surface area (Å²) in [6.45, 7) is 1.92. The molecule has 2 aromatic carbocycles. The molecule has 96 valence electrons. The molecule has 0 fully saturated rings. The first-order valence-corrected chi connectivity index (χ1v) is 5.85. The molecule has 3 heteroatoms. The van der Waals surface area contributed by atoms with Crippen LogP contribution < -0.4 is 4.74 Å². The maximum Gasteiger partial charge on any atom is 0.336 e. The SMILES string of the molecule is Cc1cccc(OC(=O)C=Cc2ccc(F)cc2)c1. The zero-order valence-electron chi connectivity index (χ0n) is 10.5. The number of hydrogen-bond acceptors (Lipinski definition) is 2. The Morgan fingerprint density at radius 1 is 1.16 bits per heavy atom. The Balaban J connectivity index is 1.99. The summed E-state index contributed by atoms with van der Waals surface area (Å²) in [5.41, 5.74) is 1.76. The van der Waals surface area contributed by atoms with Gasteiger partial charge in [-0.3, -0.25) is 0 Å². The molecule has 0 unspecified atom stereocenters. The van der Waals surface area contributed by atoms with E-state index in [-0.39, 0.29) is 5.82 Å². The number of ether oxygens (including phenoxy) is 1. The molecule has 0 N–H and O–H groups in total. The van der Waals surface area contributed by atoms with E-state index in [1.807, 2.05) is 19.1 Å². The average molecular weight is 256 g/mol. The molecule has 2 aromatic rings. The third kappa shape index (κ3) is 4.07. The topological polar surface area (TPSA) is 26.3 Å². The van der Waals surface area contributed by atoms with Gasteiger partial charge in [-0.05, 0) is 48.4 Å². The van der Waals surface area contributed by atoms with Crippen molar-refractivity contribution in [2.45, 2.75) is 6.92 Å². The fourth-order valence-electron chi connectivity index (χ4n) is 1.57. The fraction of sp³-hybridized carbons (Fsp3) is 0.0625. The van der Waals surface area contributed by atoms with E-state index in [0.717, 1.165) is 11.1 Å². The van der Waals surface area contributed by atoms with Gasteiger partial charge in [0.25, 0.3) is 0 Å². The van der Waals surface area contributed by atoms with Crippen molar-refractivity contribution in [2.24, 2.45) is 0 Å². The summed E-state index contributed by atoms with van der Waals surface area (Å²) in [7, 11) is 0. The quantitative estimate of drug-likeness (QED) is 0.475. The molecule has 0 aliphatic heterocycles. The minimum absolute atomic E-state index is 0.306. The molecule has 2 rings (SSSR count). The molecular weight excluding hydrogens is 243 g/mol. The summed E-state index contributed by atoms with van der Waals surface area (Å²) in [6, 6.07) is 13.1. The lowest BCUT2D eigenvalue weighted by Crippen LogP contribution is -2.03. The Morgan fingerprint density at radius 2 is 1.89 bits per heavy atom. The monoisotopic (exact) mass is 256 g/mol. The largest absolute Gasteiger partial charge is 0.423 e. The number of carbonyl (C=O) groups is 1. The van der Waals surface area contributed by atoms with Crippen molar-refractivity contribution in [1.82, 2.24) is 0 Å². The molecule has 0 heterocycles. The van der Waals surface area contributed by atoms with Gasteiger partial charge in [0, 0.05) is 6.08 Å². The van der Waals surface area contributed by atoms with Crippen LogP contribution in [0.5, 0.6) is 5.75 Å². The van der Waals surface area contributed by atoms with E-state index in [2.05, 4.69) is 0 Å². The van der Waals surface area contributed by atoms with Crippen molar-refractivity contribution in [2.75, 3.05) is 0 Å². The summed E-state index contributed by atoms with van der Waals surface area (Å²) >= 11 is 0. The Kier molecular flexibility index (Phi) is 4.08. The smallest absolute Gasteiger partial charge is 0.336 e. The average Bonchev–Trinajstić information content (AvgIpc) is 2.38. The van der Waals surface area contributed by atoms with Gasteiger partial charge in [-0.25, -0.2) is 9.18 Å². The Hall–Kier alpha value is -2.42. The molecule has 0 atom stereocenters. The highest BCUT2D eigenvalue weighted by atomic mass is 19.1. The first kappa shape index (κ1) is 13.0. The van der Waals surface area contributed by atoms with Crippen LogP contribution in [0.2, 0.25) is 0 Å². The van der Waals surface area contributed by atoms with E-state index in [0.29, 0.717) is 5.75 Å². The van der Waals surface area contributed by atoms with Gasteiger partial charge < -0.3 is 4.74 Å². The minimum atomic E-state index is -0.463. The molecule has 0 amide bonds. The first-order chi connectivity index (χ1) is 9.13. The minimum Gasteiger partial charge on any atom is -0.423 e. The number of benzene rings is 2. The van der Waals surface area contributed by atoms with Crippen molar-refractivity contribution < 1.29 is 13.9 Å². The van der Waals surface area contributed by atoms with Crippen molar-refractivity contribution in [3.05, 3.63) is 71.6 Å². The molecule has 0 aromatic heterocycles. The van der Waals surface area contributed by atoms with E-state index < -0.39 is 5.97 Å². The molecule has 0 spiro atoms. The van der Waals surface area contributed by atoms with Gasteiger partial charge >= 0.3 is 5.97 Å². The summed E-state index contributed by atoms with van der Waals surface area (Å²) in [5.74, 6) is -0.261. The Morgan fingerprint density at radius 3 is 2.58 bits per heavy atom. The van der Waals surface area contributed by atoms with Gasteiger partial charge in [0.15, 0.2) is 0 Å². The third-order valence-electron chi connectivity index (χ3n) is 2.49. The van der Waals surface area contributed by atoms with E-state index in [4.69, 9.17) is 4.74 Å². The number of halogens is 1. The van der Waals surface area contributed by atoms with Crippen LogP contribution in [-0.4, -0.2) is 5.97 Å². The van der Waals surface area contributed by atoms with Gasteiger partial charge in [-0.15, -0.1) is 0 Å². The standard InChI is InChI=1S/C16H13FO2/c1-12-3-2-4-15(11-12)19-16(18)10-7-13-5-8-14(17)9-6-13/h2-11H,1H3. The van der Waals surface area contributed by atoms with Gasteiger partial charge in [0.05, 0.1) is 0 Å². The molecule has 0 aliphatic rings. The number of rotatable bonds is 3. The first-order valence-electron chi connectivity index (χ1n) is 5.85. The van der Waals surface area contributed by atoms with Gasteiger partial charge in [-0.1, -0.05) is 24.3 Å². The van der Waals surface area contributed by atoms with E-state index >= 15 is 0 Å². The van der Waals surface area contributed by atoms with Crippen LogP contribution in [0.4, 0.5) is 4.39 Å². The maximum absolute atomic E-state index is 12.7. The summed E-state index contributed by atoms with van der Waals surface area (Å²) in [6.07, 6.45) is 2.90. The molecule has 2 nitrogen and oxygen atoms in total.